The minimum atomic E-state index is -3.67. The molecule has 2 aliphatic heterocycles. The SMILES string of the molecule is O=C(CCn1cnc2ccccc21)Nc1cc(S(=O)(=O)N2CCOCC2)ccc1N1CCCCC1. The number of hydrogen-bond donors (Lipinski definition) is 1. The number of carbonyl (C=O) groups excluding carboxylic acids is 1. The van der Waals surface area contributed by atoms with E-state index in [2.05, 4.69) is 15.2 Å². The highest BCUT2D eigenvalue weighted by Gasteiger charge is 2.28. The standard InChI is InChI=1S/C25H31N5O4S/c31-25(10-13-29-19-26-21-6-2-3-7-23(21)29)27-22-18-20(35(32,33)30-14-16-34-17-15-30)8-9-24(22)28-11-4-1-5-12-28/h2-3,6-9,18-19H,1,4-5,10-17H2,(H,27,31). The smallest absolute Gasteiger partial charge is 0.243 e. The maximum absolute atomic E-state index is 13.3. The molecule has 2 aliphatic rings. The number of nitrogens with one attached hydrogen (secondary N) is 1. The summed E-state index contributed by atoms with van der Waals surface area (Å²) in [5.41, 5.74) is 3.28. The fourth-order valence-corrected chi connectivity index (χ4v) is 6.18. The van der Waals surface area contributed by atoms with Crippen LogP contribution in [-0.2, 0) is 26.1 Å². The van der Waals surface area contributed by atoms with Crippen LogP contribution in [0.2, 0.25) is 0 Å². The minimum absolute atomic E-state index is 0.165. The molecule has 1 N–H and O–H groups in total. The zero-order valence-electron chi connectivity index (χ0n) is 19.7. The highest BCUT2D eigenvalue weighted by molar-refractivity contribution is 7.89. The van der Waals surface area contributed by atoms with Gasteiger partial charge < -0.3 is 19.5 Å². The third kappa shape index (κ3) is 5.19. The Morgan fingerprint density at radius 2 is 1.77 bits per heavy atom. The molecule has 1 amide bonds. The Morgan fingerprint density at radius 3 is 2.57 bits per heavy atom. The van der Waals surface area contributed by atoms with E-state index in [-0.39, 0.29) is 17.2 Å². The van der Waals surface area contributed by atoms with Crippen molar-refractivity contribution in [1.82, 2.24) is 13.9 Å². The molecule has 10 heteroatoms. The number of imidazole rings is 1. The van der Waals surface area contributed by atoms with Gasteiger partial charge >= 0.3 is 0 Å². The Labute approximate surface area is 205 Å². The third-order valence-corrected chi connectivity index (χ3v) is 8.55. The highest BCUT2D eigenvalue weighted by atomic mass is 32.2. The van der Waals surface area contributed by atoms with Crippen molar-refractivity contribution in [3.8, 4) is 0 Å². The molecule has 9 nitrogen and oxygen atoms in total. The van der Waals surface area contributed by atoms with E-state index in [1.165, 1.54) is 10.7 Å². The fraction of sp³-hybridized carbons (Fsp3) is 0.440. The average Bonchev–Trinajstić information content (AvgIpc) is 3.31. The Balaban J connectivity index is 1.37. The van der Waals surface area contributed by atoms with Crippen molar-refractivity contribution in [2.75, 3.05) is 49.6 Å². The molecule has 5 rings (SSSR count). The molecule has 2 fully saturated rings. The third-order valence-electron chi connectivity index (χ3n) is 6.65. The number of benzene rings is 2. The first-order valence-corrected chi connectivity index (χ1v) is 13.6. The maximum Gasteiger partial charge on any atom is 0.243 e. The summed E-state index contributed by atoms with van der Waals surface area (Å²) in [5, 5.41) is 3.01. The number of amides is 1. The van der Waals surface area contributed by atoms with E-state index in [4.69, 9.17) is 4.74 Å². The summed E-state index contributed by atoms with van der Waals surface area (Å²) in [4.78, 5) is 19.8. The molecule has 2 saturated heterocycles. The summed E-state index contributed by atoms with van der Waals surface area (Å²) in [6, 6.07) is 12.9. The molecular weight excluding hydrogens is 466 g/mol. The molecule has 0 aliphatic carbocycles. The zero-order chi connectivity index (χ0) is 24.3. The van der Waals surface area contributed by atoms with Crippen LogP contribution < -0.4 is 10.2 Å². The van der Waals surface area contributed by atoms with Crippen LogP contribution in [0.4, 0.5) is 11.4 Å². The van der Waals surface area contributed by atoms with E-state index in [1.807, 2.05) is 34.9 Å². The molecule has 1 aromatic heterocycles. The highest BCUT2D eigenvalue weighted by Crippen LogP contribution is 2.32. The molecule has 0 saturated carbocycles. The van der Waals surface area contributed by atoms with Crippen molar-refractivity contribution >= 4 is 38.3 Å². The summed E-state index contributed by atoms with van der Waals surface area (Å²) in [7, 11) is -3.67. The second kappa shape index (κ2) is 10.3. The molecule has 186 valence electrons. The molecule has 0 atom stereocenters. The molecule has 0 bridgehead atoms. The lowest BCUT2D eigenvalue weighted by molar-refractivity contribution is -0.116. The van der Waals surface area contributed by atoms with Crippen LogP contribution in [0.3, 0.4) is 0 Å². The summed E-state index contributed by atoms with van der Waals surface area (Å²) < 4.78 is 35.2. The van der Waals surface area contributed by atoms with Crippen LogP contribution in [0.5, 0.6) is 0 Å². The van der Waals surface area contributed by atoms with Crippen LogP contribution in [0, 0.1) is 0 Å². The first-order valence-electron chi connectivity index (χ1n) is 12.2. The summed E-state index contributed by atoms with van der Waals surface area (Å²) in [6.07, 6.45) is 5.33. The first kappa shape index (κ1) is 23.8. The summed E-state index contributed by atoms with van der Waals surface area (Å²) in [6.45, 7) is 3.69. The molecular formula is C25H31N5O4S. The molecule has 0 spiro atoms. The van der Waals surface area contributed by atoms with Crippen molar-refractivity contribution in [1.29, 1.82) is 0 Å². The number of fused-ring (bicyclic) bond motifs is 1. The van der Waals surface area contributed by atoms with Gasteiger partial charge in [-0.25, -0.2) is 13.4 Å². The van der Waals surface area contributed by atoms with Crippen molar-refractivity contribution < 1.29 is 17.9 Å². The topological polar surface area (TPSA) is 96.8 Å². The van der Waals surface area contributed by atoms with Gasteiger partial charge in [-0.15, -0.1) is 0 Å². The largest absolute Gasteiger partial charge is 0.379 e. The molecule has 3 heterocycles. The number of nitrogens with zero attached hydrogens (tertiary/aromatic N) is 4. The maximum atomic E-state index is 13.3. The molecule has 2 aromatic carbocycles. The van der Waals surface area contributed by atoms with Crippen molar-refractivity contribution in [3.05, 3.63) is 48.8 Å². The first-order chi connectivity index (χ1) is 17.0. The number of rotatable bonds is 7. The zero-order valence-corrected chi connectivity index (χ0v) is 20.5. The van der Waals surface area contributed by atoms with Crippen LogP contribution >= 0.6 is 0 Å². The second-order valence-electron chi connectivity index (χ2n) is 8.97. The average molecular weight is 498 g/mol. The molecule has 0 unspecified atom stereocenters. The Bertz CT molecular complexity index is 1290. The summed E-state index contributed by atoms with van der Waals surface area (Å²) in [5.74, 6) is -0.165. The van der Waals surface area contributed by atoms with Crippen molar-refractivity contribution in [2.24, 2.45) is 0 Å². The van der Waals surface area contributed by atoms with Gasteiger partial charge in [-0.05, 0) is 49.6 Å². The van der Waals surface area contributed by atoms with Gasteiger partial charge in [0.25, 0.3) is 0 Å². The number of morpholine rings is 1. The van der Waals surface area contributed by atoms with Gasteiger partial charge in [0.1, 0.15) is 0 Å². The van der Waals surface area contributed by atoms with Gasteiger partial charge in [0.2, 0.25) is 15.9 Å². The minimum Gasteiger partial charge on any atom is -0.379 e. The number of para-hydroxylation sites is 2. The van der Waals surface area contributed by atoms with Crippen LogP contribution in [-0.4, -0.2) is 67.6 Å². The predicted octanol–water partition coefficient (Wildman–Crippen LogP) is 3.08. The Morgan fingerprint density at radius 1 is 1.00 bits per heavy atom. The molecule has 3 aromatic rings. The number of sulfonamides is 1. The van der Waals surface area contributed by atoms with Crippen LogP contribution in [0.1, 0.15) is 25.7 Å². The molecule has 35 heavy (non-hydrogen) atoms. The number of ether oxygens (including phenoxy) is 1. The normalized spacial score (nSPS) is 17.5. The number of aromatic nitrogens is 2. The lowest BCUT2D eigenvalue weighted by atomic mass is 10.1. The van der Waals surface area contributed by atoms with E-state index in [0.717, 1.165) is 42.7 Å². The van der Waals surface area contributed by atoms with Crippen LogP contribution in [0.15, 0.2) is 53.7 Å². The fourth-order valence-electron chi connectivity index (χ4n) is 4.75. The number of anilines is 2. The number of carbonyl (C=O) groups is 1. The number of aryl methyl sites for hydroxylation is 1. The monoisotopic (exact) mass is 497 g/mol. The van der Waals surface area contributed by atoms with Gasteiger partial charge in [0.15, 0.2) is 0 Å². The lowest BCUT2D eigenvalue weighted by Crippen LogP contribution is -2.40. The van der Waals surface area contributed by atoms with E-state index in [9.17, 15) is 13.2 Å². The van der Waals surface area contributed by atoms with Gasteiger partial charge in [0.05, 0.1) is 46.8 Å². The number of hydrogen-bond acceptors (Lipinski definition) is 6. The van der Waals surface area contributed by atoms with Gasteiger partial charge in [0, 0.05) is 39.1 Å². The number of piperidine rings is 1. The predicted molar refractivity (Wildman–Crippen MR) is 135 cm³/mol. The summed E-state index contributed by atoms with van der Waals surface area (Å²) >= 11 is 0. The quantitative estimate of drug-likeness (QED) is 0.539. The van der Waals surface area contributed by atoms with E-state index in [0.29, 0.717) is 38.5 Å². The van der Waals surface area contributed by atoms with E-state index in [1.54, 1.807) is 18.5 Å². The van der Waals surface area contributed by atoms with E-state index >= 15 is 0 Å². The van der Waals surface area contributed by atoms with Gasteiger partial charge in [-0.1, -0.05) is 12.1 Å². The van der Waals surface area contributed by atoms with Crippen molar-refractivity contribution in [3.63, 3.8) is 0 Å². The molecule has 0 radical (unpaired) electrons. The second-order valence-corrected chi connectivity index (χ2v) is 10.9. The van der Waals surface area contributed by atoms with E-state index < -0.39 is 10.0 Å². The van der Waals surface area contributed by atoms with Gasteiger partial charge in [-0.3, -0.25) is 4.79 Å². The van der Waals surface area contributed by atoms with Crippen LogP contribution in [0.25, 0.3) is 11.0 Å². The van der Waals surface area contributed by atoms with Gasteiger partial charge in [-0.2, -0.15) is 4.31 Å². The lowest BCUT2D eigenvalue weighted by Gasteiger charge is -2.31. The van der Waals surface area contributed by atoms with Crippen molar-refractivity contribution in [2.45, 2.75) is 37.1 Å². The Kier molecular flexibility index (Phi) is 7.03. The Hall–Kier alpha value is -2.95.